The number of ketones is 2. The molecule has 0 atom stereocenters. The van der Waals surface area contributed by atoms with E-state index < -0.39 is 11.6 Å². The molecule has 0 heterocycles. The lowest BCUT2D eigenvalue weighted by molar-refractivity contribution is 0.0973. The molecule has 0 saturated carbocycles. The van der Waals surface area contributed by atoms with E-state index in [1.807, 2.05) is 0 Å². The van der Waals surface area contributed by atoms with Gasteiger partial charge in [0.05, 0.1) is 18.2 Å². The smallest absolute Gasteiger partial charge is 0.198 e. The van der Waals surface area contributed by atoms with E-state index in [0.29, 0.717) is 11.1 Å². The van der Waals surface area contributed by atoms with Crippen molar-refractivity contribution in [3.63, 3.8) is 0 Å². The molecule has 0 saturated heterocycles. The average molecular weight is 403 g/mol. The van der Waals surface area contributed by atoms with E-state index in [0.717, 1.165) is 0 Å². The maximum absolute atomic E-state index is 13.1. The highest BCUT2D eigenvalue weighted by Crippen LogP contribution is 2.45. The summed E-state index contributed by atoms with van der Waals surface area (Å²) >= 11 is 12.0. The van der Waals surface area contributed by atoms with Gasteiger partial charge in [0.2, 0.25) is 0 Å². The van der Waals surface area contributed by atoms with Gasteiger partial charge < -0.3 is 9.84 Å². The molecule has 6 heteroatoms. The quantitative estimate of drug-likeness (QED) is 0.667. The molecule has 0 fully saturated rings. The van der Waals surface area contributed by atoms with Gasteiger partial charge in [0.25, 0.3) is 0 Å². The van der Waals surface area contributed by atoms with Crippen LogP contribution in [0.3, 0.4) is 0 Å². The largest absolute Gasteiger partial charge is 0.507 e. The first-order chi connectivity index (χ1) is 12.8. The highest BCUT2D eigenvalue weighted by molar-refractivity contribution is 6.31. The predicted molar refractivity (Wildman–Crippen MR) is 105 cm³/mol. The van der Waals surface area contributed by atoms with Crippen LogP contribution in [-0.2, 0) is 12.8 Å². The van der Waals surface area contributed by atoms with E-state index in [9.17, 15) is 14.7 Å². The zero-order valence-corrected chi connectivity index (χ0v) is 16.1. The van der Waals surface area contributed by atoms with E-state index in [2.05, 4.69) is 13.2 Å². The third kappa shape index (κ3) is 3.15. The second-order valence-electron chi connectivity index (χ2n) is 6.18. The van der Waals surface area contributed by atoms with Crippen LogP contribution in [0.4, 0.5) is 0 Å². The average Bonchev–Trinajstić information content (AvgIpc) is 2.62. The molecule has 138 valence electrons. The Labute approximate surface area is 166 Å². The first kappa shape index (κ1) is 19.2. The third-order valence-corrected chi connectivity index (χ3v) is 4.72. The highest BCUT2D eigenvalue weighted by atomic mass is 35.5. The molecule has 3 rings (SSSR count). The maximum Gasteiger partial charge on any atom is 0.198 e. The van der Waals surface area contributed by atoms with Crippen molar-refractivity contribution in [3.8, 4) is 11.5 Å². The lowest BCUT2D eigenvalue weighted by Gasteiger charge is -2.25. The van der Waals surface area contributed by atoms with Gasteiger partial charge in [-0.2, -0.15) is 0 Å². The Hall–Kier alpha value is -2.56. The number of methoxy groups -OCH3 is 1. The molecular weight excluding hydrogens is 387 g/mol. The number of rotatable bonds is 5. The fraction of sp³-hybridized carbons (Fsp3) is 0.143. The van der Waals surface area contributed by atoms with Gasteiger partial charge in [-0.3, -0.25) is 9.59 Å². The van der Waals surface area contributed by atoms with E-state index in [4.69, 9.17) is 27.9 Å². The van der Waals surface area contributed by atoms with E-state index in [-0.39, 0.29) is 56.7 Å². The molecule has 0 amide bonds. The fourth-order valence-electron chi connectivity index (χ4n) is 3.39. The number of fused-ring (bicyclic) bond motifs is 2. The van der Waals surface area contributed by atoms with E-state index >= 15 is 0 Å². The summed E-state index contributed by atoms with van der Waals surface area (Å²) in [6.07, 6.45) is 0.216. The van der Waals surface area contributed by atoms with Crippen molar-refractivity contribution in [3.05, 3.63) is 80.9 Å². The van der Waals surface area contributed by atoms with Crippen molar-refractivity contribution in [2.24, 2.45) is 0 Å². The number of phenols is 1. The topological polar surface area (TPSA) is 63.6 Å². The number of hydrogen-bond acceptors (Lipinski definition) is 4. The SMILES string of the molecule is C=C(Cl)Cc1c(O)c2c(c(OC)c1CC(=C)Cl)C(=O)c1ccccc1C2=O. The van der Waals surface area contributed by atoms with Crippen molar-refractivity contribution in [2.45, 2.75) is 12.8 Å². The highest BCUT2D eigenvalue weighted by Gasteiger charge is 2.37. The number of benzene rings is 2. The standard InChI is InChI=1S/C21H16Cl2O4/c1-10(22)8-14-15(9-11(2)23)21(27-3)17-16(20(14)26)18(24)12-6-4-5-7-13(12)19(17)25/h4-7,26H,1-2,8-9H2,3H3. The number of carbonyl (C=O) groups is 2. The van der Waals surface area contributed by atoms with E-state index in [1.54, 1.807) is 24.3 Å². The summed E-state index contributed by atoms with van der Waals surface area (Å²) in [6.45, 7) is 7.33. The molecule has 0 radical (unpaired) electrons. The van der Waals surface area contributed by atoms with Crippen LogP contribution in [0.15, 0.2) is 47.5 Å². The summed E-state index contributed by atoms with van der Waals surface area (Å²) in [5, 5.41) is 11.4. The monoisotopic (exact) mass is 402 g/mol. The number of halogens is 2. The van der Waals surface area contributed by atoms with Crippen LogP contribution in [0, 0.1) is 0 Å². The number of aromatic hydroxyl groups is 1. The molecule has 1 aliphatic carbocycles. The fourth-order valence-corrected chi connectivity index (χ4v) is 3.65. The van der Waals surface area contributed by atoms with Crippen molar-refractivity contribution in [2.75, 3.05) is 7.11 Å². The van der Waals surface area contributed by atoms with Gasteiger partial charge in [-0.25, -0.2) is 0 Å². The summed E-state index contributed by atoms with van der Waals surface area (Å²) in [6, 6.07) is 6.47. The number of hydrogen-bond donors (Lipinski definition) is 1. The summed E-state index contributed by atoms with van der Waals surface area (Å²) < 4.78 is 5.50. The van der Waals surface area contributed by atoms with Gasteiger partial charge in [0.15, 0.2) is 11.6 Å². The lowest BCUT2D eigenvalue weighted by atomic mass is 9.79. The van der Waals surface area contributed by atoms with Crippen LogP contribution >= 0.6 is 23.2 Å². The molecule has 4 nitrogen and oxygen atoms in total. The van der Waals surface area contributed by atoms with Crippen molar-refractivity contribution in [1.29, 1.82) is 0 Å². The van der Waals surface area contributed by atoms with Crippen LogP contribution in [0.1, 0.15) is 43.0 Å². The molecule has 2 aromatic carbocycles. The molecule has 0 bridgehead atoms. The van der Waals surface area contributed by atoms with Gasteiger partial charge in [0, 0.05) is 45.2 Å². The van der Waals surface area contributed by atoms with Crippen LogP contribution in [-0.4, -0.2) is 23.8 Å². The Morgan fingerprint density at radius 2 is 1.44 bits per heavy atom. The van der Waals surface area contributed by atoms with Crippen molar-refractivity contribution >= 4 is 34.8 Å². The van der Waals surface area contributed by atoms with Gasteiger partial charge in [0.1, 0.15) is 11.5 Å². The minimum Gasteiger partial charge on any atom is -0.507 e. The van der Waals surface area contributed by atoms with Crippen molar-refractivity contribution < 1.29 is 19.4 Å². The lowest BCUT2D eigenvalue weighted by Crippen LogP contribution is -2.23. The van der Waals surface area contributed by atoms with Gasteiger partial charge in [-0.15, -0.1) is 0 Å². The zero-order valence-electron chi connectivity index (χ0n) is 14.6. The van der Waals surface area contributed by atoms with E-state index in [1.165, 1.54) is 7.11 Å². The molecule has 0 aromatic heterocycles. The third-order valence-electron chi connectivity index (χ3n) is 4.45. The Morgan fingerprint density at radius 3 is 1.93 bits per heavy atom. The number of phenolic OH excluding ortho intramolecular Hbond substituents is 1. The van der Waals surface area contributed by atoms with Gasteiger partial charge in [-0.1, -0.05) is 60.6 Å². The summed E-state index contributed by atoms with van der Waals surface area (Å²) in [5.41, 5.74) is 1.22. The Kier molecular flexibility index (Phi) is 5.13. The molecule has 27 heavy (non-hydrogen) atoms. The van der Waals surface area contributed by atoms with Crippen LogP contribution in [0.5, 0.6) is 11.5 Å². The number of allylic oxidation sites excluding steroid dienone is 2. The Bertz CT molecular complexity index is 1020. The first-order valence-electron chi connectivity index (χ1n) is 8.07. The summed E-state index contributed by atoms with van der Waals surface area (Å²) in [4.78, 5) is 26.2. The maximum atomic E-state index is 13.1. The first-order valence-corrected chi connectivity index (χ1v) is 8.83. The second-order valence-corrected chi connectivity index (χ2v) is 7.25. The molecule has 1 aliphatic rings. The van der Waals surface area contributed by atoms with Crippen LogP contribution in [0.25, 0.3) is 0 Å². The van der Waals surface area contributed by atoms with Crippen molar-refractivity contribution in [1.82, 2.24) is 0 Å². The molecular formula is C21H16Cl2O4. The number of carbonyl (C=O) groups excluding carboxylic acids is 2. The molecule has 0 aliphatic heterocycles. The molecule has 1 N–H and O–H groups in total. The van der Waals surface area contributed by atoms with Crippen LogP contribution in [0.2, 0.25) is 0 Å². The summed E-state index contributed by atoms with van der Waals surface area (Å²) in [5.74, 6) is -0.975. The second kappa shape index (κ2) is 7.22. The minimum absolute atomic E-state index is 0.0237. The minimum atomic E-state index is -0.450. The van der Waals surface area contributed by atoms with Gasteiger partial charge >= 0.3 is 0 Å². The molecule has 0 unspecified atom stereocenters. The predicted octanol–water partition coefficient (Wildman–Crippen LogP) is 4.77. The molecule has 0 spiro atoms. The summed E-state index contributed by atoms with van der Waals surface area (Å²) in [7, 11) is 1.39. The van der Waals surface area contributed by atoms with Gasteiger partial charge in [-0.05, 0) is 0 Å². The normalized spacial score (nSPS) is 12.4. The Balaban J connectivity index is 2.42. The zero-order chi connectivity index (χ0) is 19.9. The molecule has 2 aromatic rings. The van der Waals surface area contributed by atoms with Crippen LogP contribution < -0.4 is 4.74 Å². The Morgan fingerprint density at radius 1 is 0.963 bits per heavy atom. The number of ether oxygens (including phenoxy) is 1.